The van der Waals surface area contributed by atoms with Gasteiger partial charge in [-0.05, 0) is 50.4 Å². The van der Waals surface area contributed by atoms with Gasteiger partial charge in [0.2, 0.25) is 11.8 Å². The first-order chi connectivity index (χ1) is 9.97. The summed E-state index contributed by atoms with van der Waals surface area (Å²) < 4.78 is 0. The average molecular weight is 289 g/mol. The molecule has 1 heterocycles. The van der Waals surface area contributed by atoms with Gasteiger partial charge in [0.1, 0.15) is 0 Å². The van der Waals surface area contributed by atoms with Crippen LogP contribution >= 0.6 is 0 Å². The lowest BCUT2D eigenvalue weighted by Gasteiger charge is -2.26. The minimum atomic E-state index is -0.459. The Morgan fingerprint density at radius 3 is 2.67 bits per heavy atom. The lowest BCUT2D eigenvalue weighted by atomic mass is 9.93. The fourth-order valence-electron chi connectivity index (χ4n) is 2.74. The van der Waals surface area contributed by atoms with Crippen molar-refractivity contribution in [1.29, 1.82) is 0 Å². The summed E-state index contributed by atoms with van der Waals surface area (Å²) >= 11 is 0. The highest BCUT2D eigenvalue weighted by molar-refractivity contribution is 5.99. The number of carbonyl (C=O) groups excluding carboxylic acids is 2. The van der Waals surface area contributed by atoms with Gasteiger partial charge in [-0.1, -0.05) is 13.0 Å². The fourth-order valence-corrected chi connectivity index (χ4v) is 2.74. The maximum atomic E-state index is 12.5. The third-order valence-electron chi connectivity index (χ3n) is 4.09. The minimum Gasteiger partial charge on any atom is -0.326 e. The third kappa shape index (κ3) is 3.42. The zero-order valence-corrected chi connectivity index (χ0v) is 12.9. The van der Waals surface area contributed by atoms with Crippen LogP contribution < -0.4 is 16.0 Å². The van der Waals surface area contributed by atoms with Gasteiger partial charge < -0.3 is 16.0 Å². The molecule has 0 aromatic heterocycles. The van der Waals surface area contributed by atoms with Crippen molar-refractivity contribution in [2.24, 2.45) is 0 Å². The maximum absolute atomic E-state index is 12.5. The molecule has 114 valence electrons. The van der Waals surface area contributed by atoms with Gasteiger partial charge in [-0.25, -0.2) is 0 Å². The minimum absolute atomic E-state index is 0.000119. The molecule has 1 aliphatic rings. The Labute approximate surface area is 125 Å². The van der Waals surface area contributed by atoms with Gasteiger partial charge >= 0.3 is 0 Å². The summed E-state index contributed by atoms with van der Waals surface area (Å²) in [7, 11) is 0. The molecule has 0 radical (unpaired) electrons. The van der Waals surface area contributed by atoms with E-state index in [-0.39, 0.29) is 11.8 Å². The molecule has 21 heavy (non-hydrogen) atoms. The summed E-state index contributed by atoms with van der Waals surface area (Å²) in [5, 5.41) is 9.05. The van der Waals surface area contributed by atoms with Crippen molar-refractivity contribution in [3.8, 4) is 0 Å². The monoisotopic (exact) mass is 289 g/mol. The Bertz CT molecular complexity index is 548. The molecule has 1 fully saturated rings. The molecule has 1 atom stereocenters. The number of aryl methyl sites for hydroxylation is 1. The van der Waals surface area contributed by atoms with E-state index in [2.05, 4.69) is 16.0 Å². The number of hydrogen-bond donors (Lipinski definition) is 3. The van der Waals surface area contributed by atoms with Crippen LogP contribution in [0.5, 0.6) is 0 Å². The molecule has 1 unspecified atom stereocenters. The molecule has 5 nitrogen and oxygen atoms in total. The Hall–Kier alpha value is -1.88. The molecule has 5 heteroatoms. The molecule has 2 rings (SSSR count). The fraction of sp³-hybridized carbons (Fsp3) is 0.500. The Morgan fingerprint density at radius 2 is 2.10 bits per heavy atom. The first-order valence-electron chi connectivity index (χ1n) is 7.41. The summed E-state index contributed by atoms with van der Waals surface area (Å²) in [5.41, 5.74) is 1.94. The molecule has 2 amide bonds. The maximum Gasteiger partial charge on any atom is 0.244 e. The first kappa shape index (κ1) is 15.5. The predicted octanol–water partition coefficient (Wildman–Crippen LogP) is 2.42. The highest BCUT2D eigenvalue weighted by Crippen LogP contribution is 2.26. The van der Waals surface area contributed by atoms with E-state index >= 15 is 0 Å². The molecule has 1 saturated heterocycles. The normalized spacial score (nSPS) is 21.1. The van der Waals surface area contributed by atoms with Crippen LogP contribution in [0.2, 0.25) is 0 Å². The lowest BCUT2D eigenvalue weighted by Crippen LogP contribution is -2.50. The molecular weight excluding hydrogens is 266 g/mol. The first-order valence-corrected chi connectivity index (χ1v) is 7.41. The number of nitrogens with one attached hydrogen (secondary N) is 3. The second-order valence-electron chi connectivity index (χ2n) is 5.63. The number of amides is 2. The summed E-state index contributed by atoms with van der Waals surface area (Å²) in [6.07, 6.45) is 2.65. The van der Waals surface area contributed by atoms with E-state index in [0.29, 0.717) is 5.69 Å². The van der Waals surface area contributed by atoms with Gasteiger partial charge in [-0.2, -0.15) is 0 Å². The van der Waals surface area contributed by atoms with Crippen molar-refractivity contribution in [3.05, 3.63) is 23.8 Å². The van der Waals surface area contributed by atoms with Gasteiger partial charge in [-0.15, -0.1) is 0 Å². The quantitative estimate of drug-likeness (QED) is 0.797. The number of benzene rings is 1. The molecule has 3 N–H and O–H groups in total. The van der Waals surface area contributed by atoms with Crippen LogP contribution in [0.15, 0.2) is 18.2 Å². The summed E-state index contributed by atoms with van der Waals surface area (Å²) in [5.74, 6) is -0.121. The lowest BCUT2D eigenvalue weighted by molar-refractivity contribution is -0.122. The van der Waals surface area contributed by atoms with Gasteiger partial charge in [0.25, 0.3) is 0 Å². The smallest absolute Gasteiger partial charge is 0.244 e. The van der Waals surface area contributed by atoms with Gasteiger partial charge in [0.15, 0.2) is 0 Å². The van der Waals surface area contributed by atoms with Crippen LogP contribution in [0.1, 0.15) is 38.7 Å². The van der Waals surface area contributed by atoms with E-state index in [1.807, 2.05) is 26.0 Å². The Morgan fingerprint density at radius 1 is 1.33 bits per heavy atom. The van der Waals surface area contributed by atoms with E-state index in [4.69, 9.17) is 0 Å². The van der Waals surface area contributed by atoms with Crippen LogP contribution in [-0.2, 0) is 9.59 Å². The van der Waals surface area contributed by atoms with Gasteiger partial charge in [0.05, 0.1) is 5.54 Å². The highest BCUT2D eigenvalue weighted by atomic mass is 16.2. The number of hydrogen-bond acceptors (Lipinski definition) is 3. The van der Waals surface area contributed by atoms with Crippen molar-refractivity contribution in [2.75, 3.05) is 17.2 Å². The molecule has 0 saturated carbocycles. The van der Waals surface area contributed by atoms with E-state index in [9.17, 15) is 9.59 Å². The van der Waals surface area contributed by atoms with Crippen molar-refractivity contribution in [3.63, 3.8) is 0 Å². The highest BCUT2D eigenvalue weighted by Gasteiger charge is 2.39. The van der Waals surface area contributed by atoms with Gasteiger partial charge in [0, 0.05) is 18.3 Å². The topological polar surface area (TPSA) is 70.2 Å². The largest absolute Gasteiger partial charge is 0.326 e. The molecule has 1 aliphatic heterocycles. The summed E-state index contributed by atoms with van der Waals surface area (Å²) in [4.78, 5) is 23.7. The van der Waals surface area contributed by atoms with E-state index in [0.717, 1.165) is 37.1 Å². The Kier molecular flexibility index (Phi) is 4.63. The molecule has 1 aromatic carbocycles. The van der Waals surface area contributed by atoms with Crippen molar-refractivity contribution >= 4 is 23.2 Å². The number of anilines is 2. The molecular formula is C16H23N3O2. The molecule has 1 aromatic rings. The standard InChI is InChI=1S/C16H23N3O2/c1-4-16(8-5-9-17-16)15(21)19-13-7-6-11(2)14(10-13)18-12(3)20/h6-7,10,17H,4-5,8-9H2,1-3H3,(H,18,20)(H,19,21). The van der Waals surface area contributed by atoms with Crippen molar-refractivity contribution in [1.82, 2.24) is 5.32 Å². The van der Waals surface area contributed by atoms with E-state index < -0.39 is 5.54 Å². The molecule has 0 aliphatic carbocycles. The molecule has 0 spiro atoms. The average Bonchev–Trinajstić information content (AvgIpc) is 2.92. The summed E-state index contributed by atoms with van der Waals surface area (Å²) in [6, 6.07) is 5.55. The summed E-state index contributed by atoms with van der Waals surface area (Å²) in [6.45, 7) is 6.30. The van der Waals surface area contributed by atoms with Gasteiger partial charge in [-0.3, -0.25) is 9.59 Å². The Balaban J connectivity index is 2.15. The zero-order chi connectivity index (χ0) is 15.5. The predicted molar refractivity (Wildman–Crippen MR) is 84.4 cm³/mol. The molecule has 0 bridgehead atoms. The van der Waals surface area contributed by atoms with Crippen LogP contribution in [0.3, 0.4) is 0 Å². The van der Waals surface area contributed by atoms with Crippen molar-refractivity contribution in [2.45, 2.75) is 45.6 Å². The SMILES string of the molecule is CCC1(C(=O)Nc2ccc(C)c(NC(C)=O)c2)CCCN1. The number of rotatable bonds is 4. The van der Waals surface area contributed by atoms with Crippen LogP contribution in [0.4, 0.5) is 11.4 Å². The van der Waals surface area contributed by atoms with Crippen LogP contribution in [0, 0.1) is 6.92 Å². The van der Waals surface area contributed by atoms with E-state index in [1.165, 1.54) is 6.92 Å². The van der Waals surface area contributed by atoms with Crippen LogP contribution in [-0.4, -0.2) is 23.9 Å². The third-order valence-corrected chi connectivity index (χ3v) is 4.09. The zero-order valence-electron chi connectivity index (χ0n) is 12.9. The van der Waals surface area contributed by atoms with Crippen LogP contribution in [0.25, 0.3) is 0 Å². The number of carbonyl (C=O) groups is 2. The second kappa shape index (κ2) is 6.26. The second-order valence-corrected chi connectivity index (χ2v) is 5.63. The van der Waals surface area contributed by atoms with Crippen molar-refractivity contribution < 1.29 is 9.59 Å². The van der Waals surface area contributed by atoms with E-state index in [1.54, 1.807) is 6.07 Å².